The van der Waals surface area contributed by atoms with Crippen molar-refractivity contribution in [1.82, 2.24) is 4.57 Å². The number of para-hydroxylation sites is 1. The zero-order valence-corrected chi connectivity index (χ0v) is 24.9. The summed E-state index contributed by atoms with van der Waals surface area (Å²) in [4.78, 5) is 0. The summed E-state index contributed by atoms with van der Waals surface area (Å²) in [6.45, 7) is 4.67. The molecule has 1 heteroatoms. The topological polar surface area (TPSA) is 4.93 Å². The summed E-state index contributed by atoms with van der Waals surface area (Å²) in [5.74, 6) is 0. The summed E-state index contributed by atoms with van der Waals surface area (Å²) in [5, 5.41) is 5.06. The van der Waals surface area contributed by atoms with E-state index in [0.717, 1.165) is 0 Å². The number of benzene rings is 7. The quantitative estimate of drug-likeness (QED) is 0.202. The van der Waals surface area contributed by atoms with E-state index in [9.17, 15) is 0 Å². The van der Waals surface area contributed by atoms with Crippen LogP contribution in [0.1, 0.15) is 25.0 Å². The molecule has 0 fully saturated rings. The molecule has 0 radical (unpaired) electrons. The van der Waals surface area contributed by atoms with Crippen molar-refractivity contribution in [3.63, 3.8) is 0 Å². The Balaban J connectivity index is 1.11. The smallest absolute Gasteiger partial charge is 0.0541 e. The Labute approximate surface area is 257 Å². The average Bonchev–Trinajstić information content (AvgIpc) is 3.53. The number of hydrogen-bond acceptors (Lipinski definition) is 0. The predicted octanol–water partition coefficient (Wildman–Crippen LogP) is 11.6. The standard InChI is InChI=1S/C43H31N/c1-43(2)39-13-7-5-11-35(39)37-26-32(20-23-40(37)43)29-15-17-30(18-16-29)33-21-24-42-38(27-33)36-12-6-8-14-41(36)44(42)34-22-19-28-9-3-4-10-31(28)25-34/h3-27H,1-2H3. The third-order valence-electron chi connectivity index (χ3n) is 9.80. The fraction of sp³-hybridized carbons (Fsp3) is 0.0698. The molecule has 208 valence electrons. The van der Waals surface area contributed by atoms with E-state index in [1.807, 2.05) is 0 Å². The second-order valence-corrected chi connectivity index (χ2v) is 12.6. The highest BCUT2D eigenvalue weighted by Crippen LogP contribution is 2.49. The number of aromatic nitrogens is 1. The number of nitrogens with zero attached hydrogens (tertiary/aromatic N) is 1. The molecule has 0 bridgehead atoms. The van der Waals surface area contributed by atoms with Crippen LogP contribution in [0.25, 0.3) is 71.6 Å². The summed E-state index contributed by atoms with van der Waals surface area (Å²) >= 11 is 0. The molecule has 0 saturated heterocycles. The van der Waals surface area contributed by atoms with Crippen molar-refractivity contribution >= 4 is 32.6 Å². The Morgan fingerprint density at radius 1 is 0.409 bits per heavy atom. The van der Waals surface area contributed by atoms with Gasteiger partial charge in [-0.05, 0) is 91.7 Å². The van der Waals surface area contributed by atoms with E-state index in [1.165, 1.54) is 82.8 Å². The Hall–Kier alpha value is -5.40. The molecule has 7 aromatic carbocycles. The van der Waals surface area contributed by atoms with Gasteiger partial charge in [-0.15, -0.1) is 0 Å². The molecule has 9 rings (SSSR count). The lowest BCUT2D eigenvalue weighted by atomic mass is 9.82. The van der Waals surface area contributed by atoms with Gasteiger partial charge >= 0.3 is 0 Å². The van der Waals surface area contributed by atoms with Crippen LogP contribution in [0, 0.1) is 0 Å². The number of hydrogen-bond donors (Lipinski definition) is 0. The van der Waals surface area contributed by atoms with Gasteiger partial charge in [0, 0.05) is 21.9 Å². The molecule has 1 aliphatic carbocycles. The van der Waals surface area contributed by atoms with Gasteiger partial charge in [0.25, 0.3) is 0 Å². The van der Waals surface area contributed by atoms with Gasteiger partial charge in [-0.2, -0.15) is 0 Å². The lowest BCUT2D eigenvalue weighted by Crippen LogP contribution is -2.14. The maximum atomic E-state index is 2.40. The maximum absolute atomic E-state index is 2.40. The van der Waals surface area contributed by atoms with E-state index in [4.69, 9.17) is 0 Å². The van der Waals surface area contributed by atoms with E-state index in [0.29, 0.717) is 0 Å². The van der Waals surface area contributed by atoms with Gasteiger partial charge in [-0.1, -0.05) is 129 Å². The fourth-order valence-electron chi connectivity index (χ4n) is 7.50. The SMILES string of the molecule is CC1(C)c2ccccc2-c2cc(-c3ccc(-c4ccc5c(c4)c4ccccc4n5-c4ccc5ccccc5c4)cc3)ccc21. The van der Waals surface area contributed by atoms with Gasteiger partial charge in [-0.25, -0.2) is 0 Å². The summed E-state index contributed by atoms with van der Waals surface area (Å²) < 4.78 is 2.40. The summed E-state index contributed by atoms with van der Waals surface area (Å²) in [7, 11) is 0. The molecule has 0 N–H and O–H groups in total. The number of rotatable bonds is 3. The van der Waals surface area contributed by atoms with Gasteiger partial charge in [0.1, 0.15) is 0 Å². The Morgan fingerprint density at radius 3 is 1.86 bits per heavy atom. The molecule has 1 nitrogen and oxygen atoms in total. The summed E-state index contributed by atoms with van der Waals surface area (Å²) in [5.41, 5.74) is 14.2. The first-order chi connectivity index (χ1) is 21.6. The van der Waals surface area contributed by atoms with Crippen LogP contribution in [0.3, 0.4) is 0 Å². The van der Waals surface area contributed by atoms with Crippen LogP contribution < -0.4 is 0 Å². The summed E-state index contributed by atoms with van der Waals surface area (Å²) in [6.07, 6.45) is 0. The fourth-order valence-corrected chi connectivity index (χ4v) is 7.50. The lowest BCUT2D eigenvalue weighted by Gasteiger charge is -2.21. The number of fused-ring (bicyclic) bond motifs is 7. The van der Waals surface area contributed by atoms with Crippen molar-refractivity contribution in [2.24, 2.45) is 0 Å². The van der Waals surface area contributed by atoms with Crippen LogP contribution in [-0.4, -0.2) is 4.57 Å². The normalized spacial score (nSPS) is 13.4. The Bertz CT molecular complexity index is 2400. The minimum absolute atomic E-state index is 0.0321. The molecule has 0 atom stereocenters. The minimum atomic E-state index is 0.0321. The highest BCUT2D eigenvalue weighted by Gasteiger charge is 2.35. The molecule has 44 heavy (non-hydrogen) atoms. The third-order valence-corrected chi connectivity index (χ3v) is 9.80. The predicted molar refractivity (Wildman–Crippen MR) is 187 cm³/mol. The second-order valence-electron chi connectivity index (χ2n) is 12.6. The first-order valence-corrected chi connectivity index (χ1v) is 15.4. The molecule has 8 aromatic rings. The lowest BCUT2D eigenvalue weighted by molar-refractivity contribution is 0.660. The highest BCUT2D eigenvalue weighted by atomic mass is 15.0. The minimum Gasteiger partial charge on any atom is -0.309 e. The zero-order valence-electron chi connectivity index (χ0n) is 24.9. The van der Waals surface area contributed by atoms with Crippen molar-refractivity contribution in [2.45, 2.75) is 19.3 Å². The maximum Gasteiger partial charge on any atom is 0.0541 e. The van der Waals surface area contributed by atoms with E-state index in [-0.39, 0.29) is 5.41 Å². The van der Waals surface area contributed by atoms with Crippen LogP contribution in [0.15, 0.2) is 152 Å². The molecule has 1 heterocycles. The van der Waals surface area contributed by atoms with E-state index < -0.39 is 0 Å². The van der Waals surface area contributed by atoms with Crippen molar-refractivity contribution in [3.8, 4) is 39.1 Å². The van der Waals surface area contributed by atoms with Crippen LogP contribution in [0.4, 0.5) is 0 Å². The molecule has 0 saturated carbocycles. The van der Waals surface area contributed by atoms with Crippen molar-refractivity contribution in [3.05, 3.63) is 163 Å². The highest BCUT2D eigenvalue weighted by molar-refractivity contribution is 6.10. The van der Waals surface area contributed by atoms with E-state index in [1.54, 1.807) is 0 Å². The molecule has 0 amide bonds. The van der Waals surface area contributed by atoms with Crippen molar-refractivity contribution in [1.29, 1.82) is 0 Å². The van der Waals surface area contributed by atoms with Crippen LogP contribution in [0.5, 0.6) is 0 Å². The van der Waals surface area contributed by atoms with Crippen molar-refractivity contribution in [2.75, 3.05) is 0 Å². The van der Waals surface area contributed by atoms with Crippen LogP contribution in [0.2, 0.25) is 0 Å². The monoisotopic (exact) mass is 561 g/mol. The van der Waals surface area contributed by atoms with Gasteiger partial charge in [0.05, 0.1) is 11.0 Å². The molecule has 1 aliphatic rings. The first-order valence-electron chi connectivity index (χ1n) is 15.4. The largest absolute Gasteiger partial charge is 0.309 e. The van der Waals surface area contributed by atoms with E-state index >= 15 is 0 Å². The molecular formula is C43H31N. The van der Waals surface area contributed by atoms with Crippen LogP contribution >= 0.6 is 0 Å². The van der Waals surface area contributed by atoms with Crippen molar-refractivity contribution < 1.29 is 0 Å². The van der Waals surface area contributed by atoms with Gasteiger partial charge in [0.15, 0.2) is 0 Å². The van der Waals surface area contributed by atoms with Crippen LogP contribution in [-0.2, 0) is 5.41 Å². The molecular weight excluding hydrogens is 530 g/mol. The van der Waals surface area contributed by atoms with E-state index in [2.05, 4.69) is 170 Å². The first kappa shape index (κ1) is 25.1. The summed E-state index contributed by atoms with van der Waals surface area (Å²) in [6, 6.07) is 55.9. The molecule has 0 unspecified atom stereocenters. The average molecular weight is 562 g/mol. The Kier molecular flexibility index (Phi) is 5.31. The third kappa shape index (κ3) is 3.66. The Morgan fingerprint density at radius 2 is 1.02 bits per heavy atom. The van der Waals surface area contributed by atoms with Gasteiger partial charge < -0.3 is 4.57 Å². The molecule has 1 aromatic heterocycles. The van der Waals surface area contributed by atoms with Gasteiger partial charge in [-0.3, -0.25) is 0 Å². The zero-order chi connectivity index (χ0) is 29.4. The molecule has 0 aliphatic heterocycles. The second kappa shape index (κ2) is 9.30. The van der Waals surface area contributed by atoms with Gasteiger partial charge in [0.2, 0.25) is 0 Å². The molecule has 0 spiro atoms.